The maximum Gasteiger partial charge on any atom is 0.0269 e. The summed E-state index contributed by atoms with van der Waals surface area (Å²) >= 11 is 8.38. The third-order valence-electron chi connectivity index (χ3n) is 4.14. The molecule has 30 heavy (non-hydrogen) atoms. The summed E-state index contributed by atoms with van der Waals surface area (Å²) < 4.78 is 2.61. The highest BCUT2D eigenvalue weighted by molar-refractivity contribution is 14.1. The molecule has 0 aliphatic carbocycles. The van der Waals surface area contributed by atoms with Crippen LogP contribution >= 0.6 is 68.7 Å². The zero-order valence-corrected chi connectivity index (χ0v) is 22.8. The Morgan fingerprint density at radius 1 is 0.500 bits per heavy atom. The molecule has 0 aromatic heterocycles. The summed E-state index contributed by atoms with van der Waals surface area (Å²) in [7, 11) is 0. The monoisotopic (exact) mass is 652 g/mol. The molecule has 0 aliphatic rings. The molecule has 4 rings (SSSR count). The van der Waals surface area contributed by atoms with E-state index in [1.54, 1.807) is 0 Å². The maximum absolute atomic E-state index is 2.38. The normalized spacial score (nSPS) is 10.3. The van der Waals surface area contributed by atoms with E-state index in [9.17, 15) is 0 Å². The molecule has 4 heteroatoms. The van der Waals surface area contributed by atoms with Gasteiger partial charge in [0.25, 0.3) is 0 Å². The van der Waals surface area contributed by atoms with E-state index in [1.165, 1.54) is 37.8 Å². The Morgan fingerprint density at radius 3 is 1.57 bits per heavy atom. The number of aryl methyl sites for hydroxylation is 2. The highest BCUT2D eigenvalue weighted by Gasteiger charge is 2.01. The van der Waals surface area contributed by atoms with Crippen molar-refractivity contribution in [2.75, 3.05) is 0 Å². The van der Waals surface area contributed by atoms with E-state index in [-0.39, 0.29) is 0 Å². The van der Waals surface area contributed by atoms with E-state index >= 15 is 0 Å². The highest BCUT2D eigenvalue weighted by Crippen LogP contribution is 2.32. The molecular formula is C26H22I2S2. The Hall–Kier alpha value is -0.960. The third-order valence-corrected chi connectivity index (χ3v) is 8.90. The maximum atomic E-state index is 2.38. The Kier molecular flexibility index (Phi) is 9.62. The van der Waals surface area contributed by atoms with Gasteiger partial charge in [-0.1, -0.05) is 83.2 Å². The van der Waals surface area contributed by atoms with Gasteiger partial charge in [-0.15, -0.1) is 0 Å². The SMILES string of the molecule is Cc1ccc(Sc2ccccc2I)cc1.Cc1cccc(Sc2ccccc2I)c1. The summed E-state index contributed by atoms with van der Waals surface area (Å²) in [5.41, 5.74) is 2.62. The van der Waals surface area contributed by atoms with Crippen LogP contribution in [-0.4, -0.2) is 0 Å². The molecule has 0 fully saturated rings. The summed E-state index contributed by atoms with van der Waals surface area (Å²) in [6.45, 7) is 4.24. The van der Waals surface area contributed by atoms with Crippen molar-refractivity contribution in [1.29, 1.82) is 0 Å². The van der Waals surface area contributed by atoms with Crippen LogP contribution in [0.25, 0.3) is 0 Å². The van der Waals surface area contributed by atoms with E-state index < -0.39 is 0 Å². The second kappa shape index (κ2) is 12.2. The Morgan fingerprint density at radius 2 is 1.03 bits per heavy atom. The van der Waals surface area contributed by atoms with Crippen molar-refractivity contribution in [3.63, 3.8) is 0 Å². The lowest BCUT2D eigenvalue weighted by Crippen LogP contribution is -1.79. The van der Waals surface area contributed by atoms with Gasteiger partial charge in [0.05, 0.1) is 0 Å². The molecule has 152 valence electrons. The minimum absolute atomic E-state index is 1.30. The zero-order valence-electron chi connectivity index (χ0n) is 16.8. The van der Waals surface area contributed by atoms with Crippen LogP contribution in [-0.2, 0) is 0 Å². The summed E-state index contributed by atoms with van der Waals surface area (Å²) in [6.07, 6.45) is 0. The van der Waals surface area contributed by atoms with Crippen LogP contribution in [0.2, 0.25) is 0 Å². The van der Waals surface area contributed by atoms with Crippen LogP contribution in [0.1, 0.15) is 11.1 Å². The van der Waals surface area contributed by atoms with Crippen molar-refractivity contribution in [1.82, 2.24) is 0 Å². The Labute approximate surface area is 215 Å². The molecule has 0 unspecified atom stereocenters. The molecule has 0 spiro atoms. The lowest BCUT2D eigenvalue weighted by atomic mass is 10.2. The van der Waals surface area contributed by atoms with Gasteiger partial charge in [-0.25, -0.2) is 0 Å². The second-order valence-corrected chi connectivity index (χ2v) is 11.2. The van der Waals surface area contributed by atoms with Crippen LogP contribution in [0.3, 0.4) is 0 Å². The topological polar surface area (TPSA) is 0 Å². The van der Waals surface area contributed by atoms with Crippen LogP contribution in [0.4, 0.5) is 0 Å². The molecular weight excluding hydrogens is 630 g/mol. The van der Waals surface area contributed by atoms with E-state index in [0.717, 1.165) is 0 Å². The second-order valence-electron chi connectivity index (χ2n) is 6.69. The highest BCUT2D eigenvalue weighted by atomic mass is 127. The first-order chi connectivity index (χ1) is 14.5. The smallest absolute Gasteiger partial charge is 0.0269 e. The molecule has 0 saturated heterocycles. The van der Waals surface area contributed by atoms with Crippen molar-refractivity contribution in [3.05, 3.63) is 115 Å². The van der Waals surface area contributed by atoms with Gasteiger partial charge in [0.2, 0.25) is 0 Å². The number of hydrogen-bond acceptors (Lipinski definition) is 2. The first kappa shape index (κ1) is 23.7. The molecule has 0 saturated carbocycles. The minimum Gasteiger partial charge on any atom is -0.0890 e. The molecule has 4 aromatic rings. The standard InChI is InChI=1S/2C13H11IS/c1-10-5-4-6-11(9-10)15-13-8-3-2-7-12(13)14;1-10-6-8-11(9-7-10)15-13-5-3-2-4-12(13)14/h2*2-9H,1H3. The first-order valence-corrected chi connectivity index (χ1v) is 13.3. The zero-order chi connectivity index (χ0) is 21.3. The quantitative estimate of drug-likeness (QED) is 0.202. The van der Waals surface area contributed by atoms with Gasteiger partial charge >= 0.3 is 0 Å². The fraction of sp³-hybridized carbons (Fsp3) is 0.0769. The molecule has 0 atom stereocenters. The molecule has 0 radical (unpaired) electrons. The molecule has 0 heterocycles. The van der Waals surface area contributed by atoms with Crippen LogP contribution < -0.4 is 0 Å². The van der Waals surface area contributed by atoms with Crippen molar-refractivity contribution in [2.24, 2.45) is 0 Å². The van der Waals surface area contributed by atoms with Gasteiger partial charge in [-0.05, 0) is 108 Å². The average molecular weight is 652 g/mol. The third kappa shape index (κ3) is 7.62. The number of halogens is 2. The van der Waals surface area contributed by atoms with Crippen molar-refractivity contribution < 1.29 is 0 Å². The molecule has 0 bridgehead atoms. The average Bonchev–Trinajstić information content (AvgIpc) is 2.74. The lowest BCUT2D eigenvalue weighted by Gasteiger charge is -2.04. The van der Waals surface area contributed by atoms with Crippen LogP contribution in [0, 0.1) is 21.0 Å². The lowest BCUT2D eigenvalue weighted by molar-refractivity contribution is 1.33. The van der Waals surface area contributed by atoms with Gasteiger partial charge < -0.3 is 0 Å². The summed E-state index contributed by atoms with van der Waals surface area (Å²) in [5.74, 6) is 0. The Bertz CT molecular complexity index is 1090. The summed E-state index contributed by atoms with van der Waals surface area (Å²) in [4.78, 5) is 5.24. The first-order valence-electron chi connectivity index (χ1n) is 9.49. The molecule has 4 aromatic carbocycles. The molecule has 0 N–H and O–H groups in total. The molecule has 0 aliphatic heterocycles. The van der Waals surface area contributed by atoms with E-state index in [2.05, 4.69) is 156 Å². The number of benzene rings is 4. The van der Waals surface area contributed by atoms with Crippen LogP contribution in [0.5, 0.6) is 0 Å². The largest absolute Gasteiger partial charge is 0.0890 e. The molecule has 0 amide bonds. The minimum atomic E-state index is 1.30. The van der Waals surface area contributed by atoms with E-state index in [4.69, 9.17) is 0 Å². The Balaban J connectivity index is 0.000000171. The fourth-order valence-corrected chi connectivity index (χ4v) is 5.83. The van der Waals surface area contributed by atoms with Gasteiger partial charge in [0, 0.05) is 26.7 Å². The van der Waals surface area contributed by atoms with Gasteiger partial charge in [-0.2, -0.15) is 0 Å². The van der Waals surface area contributed by atoms with Crippen LogP contribution in [0.15, 0.2) is 117 Å². The number of rotatable bonds is 4. The predicted molar refractivity (Wildman–Crippen MR) is 149 cm³/mol. The number of hydrogen-bond donors (Lipinski definition) is 0. The van der Waals surface area contributed by atoms with Gasteiger partial charge in [0.1, 0.15) is 0 Å². The fourth-order valence-electron chi connectivity index (χ4n) is 2.59. The summed E-state index contributed by atoms with van der Waals surface area (Å²) in [6, 6.07) is 34.1. The summed E-state index contributed by atoms with van der Waals surface area (Å²) in [5, 5.41) is 0. The van der Waals surface area contributed by atoms with E-state index in [1.807, 2.05) is 23.5 Å². The van der Waals surface area contributed by atoms with Gasteiger partial charge in [-0.3, -0.25) is 0 Å². The van der Waals surface area contributed by atoms with Crippen molar-refractivity contribution in [2.45, 2.75) is 33.4 Å². The van der Waals surface area contributed by atoms with Crippen molar-refractivity contribution in [3.8, 4) is 0 Å². The molecule has 0 nitrogen and oxygen atoms in total. The predicted octanol–water partition coefficient (Wildman–Crippen LogP) is 9.50. The van der Waals surface area contributed by atoms with Gasteiger partial charge in [0.15, 0.2) is 0 Å². The van der Waals surface area contributed by atoms with Crippen molar-refractivity contribution >= 4 is 68.7 Å². The van der Waals surface area contributed by atoms with E-state index in [0.29, 0.717) is 0 Å².